The van der Waals surface area contributed by atoms with Gasteiger partial charge in [0.1, 0.15) is 0 Å². The largest absolute Gasteiger partial charge is 0.312 e. The third-order valence-electron chi connectivity index (χ3n) is 4.44. The number of nitrogens with zero attached hydrogens (tertiary/aromatic N) is 2. The average molecular weight is 255 g/mol. The van der Waals surface area contributed by atoms with E-state index in [1.165, 1.54) is 19.3 Å². The van der Waals surface area contributed by atoms with Gasteiger partial charge in [0, 0.05) is 25.2 Å². The van der Waals surface area contributed by atoms with Gasteiger partial charge in [0.25, 0.3) is 0 Å². The van der Waals surface area contributed by atoms with Gasteiger partial charge in [-0.1, -0.05) is 27.2 Å². The number of likely N-dealkylation sites (N-methyl/N-ethyl adjacent to an activating group) is 3. The van der Waals surface area contributed by atoms with Crippen molar-refractivity contribution in [1.82, 2.24) is 15.1 Å². The van der Waals surface area contributed by atoms with E-state index in [1.807, 2.05) is 0 Å². The maximum absolute atomic E-state index is 3.74. The van der Waals surface area contributed by atoms with Crippen LogP contribution in [0.3, 0.4) is 0 Å². The second-order valence-electron chi connectivity index (χ2n) is 6.77. The molecule has 1 fully saturated rings. The first-order chi connectivity index (χ1) is 8.38. The molecule has 1 aliphatic carbocycles. The molecule has 0 bridgehead atoms. The van der Waals surface area contributed by atoms with Gasteiger partial charge in [-0.25, -0.2) is 0 Å². The molecule has 1 rings (SSSR count). The van der Waals surface area contributed by atoms with Crippen molar-refractivity contribution < 1.29 is 0 Å². The Bertz CT molecular complexity index is 238. The third-order valence-corrected chi connectivity index (χ3v) is 4.44. The highest BCUT2D eigenvalue weighted by atomic mass is 15.2. The quantitative estimate of drug-likeness (QED) is 0.783. The van der Waals surface area contributed by atoms with Crippen LogP contribution in [0.2, 0.25) is 0 Å². The zero-order chi connectivity index (χ0) is 13.8. The molecule has 0 spiro atoms. The molecule has 0 aromatic carbocycles. The van der Waals surface area contributed by atoms with Gasteiger partial charge in [-0.15, -0.1) is 0 Å². The lowest BCUT2D eigenvalue weighted by atomic mass is 9.70. The molecule has 1 aliphatic rings. The third kappa shape index (κ3) is 4.22. The Morgan fingerprint density at radius 1 is 1.17 bits per heavy atom. The van der Waals surface area contributed by atoms with Crippen LogP contribution in [0.15, 0.2) is 0 Å². The molecular formula is C15H33N3. The lowest BCUT2D eigenvalue weighted by Gasteiger charge is -2.48. The second-order valence-corrected chi connectivity index (χ2v) is 6.77. The summed E-state index contributed by atoms with van der Waals surface area (Å²) in [5.74, 6) is 0. The molecule has 0 radical (unpaired) electrons. The Kier molecular flexibility index (Phi) is 6.09. The van der Waals surface area contributed by atoms with Crippen molar-refractivity contribution in [3.05, 3.63) is 0 Å². The molecule has 2 unspecified atom stereocenters. The molecule has 18 heavy (non-hydrogen) atoms. The monoisotopic (exact) mass is 255 g/mol. The van der Waals surface area contributed by atoms with E-state index >= 15 is 0 Å². The molecule has 0 amide bonds. The molecule has 0 aromatic rings. The predicted molar refractivity (Wildman–Crippen MR) is 80.1 cm³/mol. The molecule has 2 atom stereocenters. The van der Waals surface area contributed by atoms with Crippen molar-refractivity contribution in [1.29, 1.82) is 0 Å². The van der Waals surface area contributed by atoms with E-state index in [0.717, 1.165) is 19.6 Å². The molecule has 1 N–H and O–H groups in total. The Balaban J connectivity index is 2.64. The number of hydrogen-bond donors (Lipinski definition) is 1. The number of nitrogens with one attached hydrogen (secondary N) is 1. The van der Waals surface area contributed by atoms with Crippen LogP contribution >= 0.6 is 0 Å². The number of rotatable bonds is 6. The second kappa shape index (κ2) is 6.88. The van der Waals surface area contributed by atoms with E-state index in [1.54, 1.807) is 0 Å². The van der Waals surface area contributed by atoms with Crippen LogP contribution in [-0.4, -0.2) is 62.7 Å². The molecule has 3 heteroatoms. The van der Waals surface area contributed by atoms with Crippen molar-refractivity contribution in [3.8, 4) is 0 Å². The van der Waals surface area contributed by atoms with E-state index < -0.39 is 0 Å². The average Bonchev–Trinajstić information content (AvgIpc) is 2.28. The molecule has 3 nitrogen and oxygen atoms in total. The molecule has 0 saturated heterocycles. The van der Waals surface area contributed by atoms with Crippen LogP contribution in [0.25, 0.3) is 0 Å². The Hall–Kier alpha value is -0.120. The zero-order valence-electron chi connectivity index (χ0n) is 13.3. The first-order valence-electron chi connectivity index (χ1n) is 7.47. The van der Waals surface area contributed by atoms with Gasteiger partial charge >= 0.3 is 0 Å². The molecule has 108 valence electrons. The van der Waals surface area contributed by atoms with Crippen molar-refractivity contribution >= 4 is 0 Å². The standard InChI is InChI=1S/C15H33N3/c1-7-16-14-13(9-8-10-15(14,2)3)18(6)12-11-17(4)5/h13-14,16H,7-12H2,1-6H3. The normalized spacial score (nSPS) is 28.0. The highest BCUT2D eigenvalue weighted by Crippen LogP contribution is 2.37. The Morgan fingerprint density at radius 3 is 2.39 bits per heavy atom. The molecule has 0 aromatic heterocycles. The Morgan fingerprint density at radius 2 is 1.83 bits per heavy atom. The lowest BCUT2D eigenvalue weighted by molar-refractivity contribution is 0.0606. The van der Waals surface area contributed by atoms with Crippen molar-refractivity contribution in [2.75, 3.05) is 40.8 Å². The molecule has 1 saturated carbocycles. The molecular weight excluding hydrogens is 222 g/mol. The summed E-state index contributed by atoms with van der Waals surface area (Å²) < 4.78 is 0. The van der Waals surface area contributed by atoms with Gasteiger partial charge in [0.05, 0.1) is 0 Å². The van der Waals surface area contributed by atoms with E-state index in [0.29, 0.717) is 17.5 Å². The lowest BCUT2D eigenvalue weighted by Crippen LogP contribution is -2.58. The topological polar surface area (TPSA) is 18.5 Å². The maximum Gasteiger partial charge on any atom is 0.0274 e. The zero-order valence-corrected chi connectivity index (χ0v) is 13.3. The van der Waals surface area contributed by atoms with Gasteiger partial charge in [-0.05, 0) is 45.9 Å². The van der Waals surface area contributed by atoms with E-state index in [9.17, 15) is 0 Å². The van der Waals surface area contributed by atoms with E-state index in [4.69, 9.17) is 0 Å². The van der Waals surface area contributed by atoms with Gasteiger partial charge in [-0.3, -0.25) is 0 Å². The van der Waals surface area contributed by atoms with Crippen LogP contribution in [0.1, 0.15) is 40.0 Å². The Labute approximate surface area is 114 Å². The fraction of sp³-hybridized carbons (Fsp3) is 1.00. The van der Waals surface area contributed by atoms with E-state index in [-0.39, 0.29) is 0 Å². The number of hydrogen-bond acceptors (Lipinski definition) is 3. The fourth-order valence-corrected chi connectivity index (χ4v) is 3.24. The predicted octanol–water partition coefficient (Wildman–Crippen LogP) is 2.04. The molecule has 0 heterocycles. The van der Waals surface area contributed by atoms with Crippen LogP contribution in [0, 0.1) is 5.41 Å². The van der Waals surface area contributed by atoms with Crippen LogP contribution in [-0.2, 0) is 0 Å². The fourth-order valence-electron chi connectivity index (χ4n) is 3.24. The van der Waals surface area contributed by atoms with Crippen LogP contribution < -0.4 is 5.32 Å². The van der Waals surface area contributed by atoms with Crippen LogP contribution in [0.4, 0.5) is 0 Å². The van der Waals surface area contributed by atoms with Gasteiger partial charge in [0.15, 0.2) is 0 Å². The summed E-state index contributed by atoms with van der Waals surface area (Å²) >= 11 is 0. The van der Waals surface area contributed by atoms with E-state index in [2.05, 4.69) is 57.0 Å². The summed E-state index contributed by atoms with van der Waals surface area (Å²) in [4.78, 5) is 4.83. The SMILES string of the molecule is CCNC1C(N(C)CCN(C)C)CCCC1(C)C. The molecule has 0 aliphatic heterocycles. The summed E-state index contributed by atoms with van der Waals surface area (Å²) in [6.45, 7) is 10.5. The van der Waals surface area contributed by atoms with Crippen molar-refractivity contribution in [3.63, 3.8) is 0 Å². The summed E-state index contributed by atoms with van der Waals surface area (Å²) in [6.07, 6.45) is 4.06. The summed E-state index contributed by atoms with van der Waals surface area (Å²) in [5, 5.41) is 3.74. The minimum absolute atomic E-state index is 0.422. The highest BCUT2D eigenvalue weighted by molar-refractivity contribution is 4.97. The summed E-state index contributed by atoms with van der Waals surface area (Å²) in [6, 6.07) is 1.32. The first kappa shape index (κ1) is 15.9. The maximum atomic E-state index is 3.74. The minimum atomic E-state index is 0.422. The summed E-state index contributed by atoms with van der Waals surface area (Å²) in [7, 11) is 6.60. The van der Waals surface area contributed by atoms with Gasteiger partial charge in [-0.2, -0.15) is 0 Å². The van der Waals surface area contributed by atoms with Crippen molar-refractivity contribution in [2.45, 2.75) is 52.1 Å². The first-order valence-corrected chi connectivity index (χ1v) is 7.47. The van der Waals surface area contributed by atoms with Gasteiger partial charge < -0.3 is 15.1 Å². The minimum Gasteiger partial charge on any atom is -0.312 e. The highest BCUT2D eigenvalue weighted by Gasteiger charge is 2.39. The van der Waals surface area contributed by atoms with Crippen molar-refractivity contribution in [2.24, 2.45) is 5.41 Å². The van der Waals surface area contributed by atoms with Gasteiger partial charge in [0.2, 0.25) is 0 Å². The smallest absolute Gasteiger partial charge is 0.0274 e. The van der Waals surface area contributed by atoms with Crippen LogP contribution in [0.5, 0.6) is 0 Å². The summed E-state index contributed by atoms with van der Waals surface area (Å²) in [5.41, 5.74) is 0.422.